The maximum Gasteiger partial charge on any atom is 0.325 e. The molecule has 0 atom stereocenters. The van der Waals surface area contributed by atoms with Gasteiger partial charge in [0.05, 0.1) is 13.0 Å². The van der Waals surface area contributed by atoms with Gasteiger partial charge >= 0.3 is 18.0 Å². The summed E-state index contributed by atoms with van der Waals surface area (Å²) in [4.78, 5) is 46.0. The number of hydrogen-bond donors (Lipinski definition) is 2. The number of ether oxygens (including phenoxy) is 1. The molecule has 0 unspecified atom stereocenters. The molecule has 0 saturated heterocycles. The van der Waals surface area contributed by atoms with Crippen LogP contribution in [0.1, 0.15) is 33.6 Å². The Hall–Kier alpha value is -2.12. The van der Waals surface area contributed by atoms with Crippen molar-refractivity contribution >= 4 is 23.9 Å². The lowest BCUT2D eigenvalue weighted by Crippen LogP contribution is -2.48. The number of hydrogen-bond acceptors (Lipinski definition) is 5. The van der Waals surface area contributed by atoms with Crippen LogP contribution in [0.25, 0.3) is 0 Å². The SMILES string of the molecule is CCOC(=O)CN(C(=O)NC(=O)CCC(=O)O)C(C)C. The minimum absolute atomic E-state index is 0.198. The smallest absolute Gasteiger partial charge is 0.325 e. The number of carboxylic acids is 1. The zero-order valence-corrected chi connectivity index (χ0v) is 11.8. The molecule has 0 aromatic heterocycles. The Morgan fingerprint density at radius 3 is 2.25 bits per heavy atom. The fraction of sp³-hybridized carbons (Fsp3) is 0.667. The van der Waals surface area contributed by atoms with E-state index in [-0.39, 0.29) is 32.0 Å². The highest BCUT2D eigenvalue weighted by molar-refractivity contribution is 5.96. The van der Waals surface area contributed by atoms with E-state index in [1.165, 1.54) is 0 Å². The van der Waals surface area contributed by atoms with Gasteiger partial charge in [0.25, 0.3) is 0 Å². The number of aliphatic carboxylic acids is 1. The molecule has 0 radical (unpaired) electrons. The molecular formula is C12H20N2O6. The van der Waals surface area contributed by atoms with Crippen LogP contribution in [0, 0.1) is 0 Å². The molecule has 0 aliphatic carbocycles. The second-order valence-electron chi connectivity index (χ2n) is 4.27. The van der Waals surface area contributed by atoms with Crippen molar-refractivity contribution in [2.24, 2.45) is 0 Å². The first kappa shape index (κ1) is 17.9. The summed E-state index contributed by atoms with van der Waals surface area (Å²) in [6.45, 7) is 4.93. The molecular weight excluding hydrogens is 268 g/mol. The number of carboxylic acid groups (broad SMARTS) is 1. The van der Waals surface area contributed by atoms with Gasteiger partial charge in [-0.3, -0.25) is 19.7 Å². The van der Waals surface area contributed by atoms with E-state index < -0.39 is 23.9 Å². The van der Waals surface area contributed by atoms with Gasteiger partial charge in [0.1, 0.15) is 6.54 Å². The fourth-order valence-electron chi connectivity index (χ4n) is 1.31. The zero-order chi connectivity index (χ0) is 15.7. The Balaban J connectivity index is 4.46. The van der Waals surface area contributed by atoms with E-state index in [0.717, 1.165) is 4.90 Å². The van der Waals surface area contributed by atoms with Crippen LogP contribution >= 0.6 is 0 Å². The van der Waals surface area contributed by atoms with Gasteiger partial charge in [-0.2, -0.15) is 0 Å². The van der Waals surface area contributed by atoms with Gasteiger partial charge in [-0.1, -0.05) is 0 Å². The number of imide groups is 1. The topological polar surface area (TPSA) is 113 Å². The normalized spacial score (nSPS) is 10.0. The maximum absolute atomic E-state index is 11.8. The van der Waals surface area contributed by atoms with Crippen LogP contribution in [-0.4, -0.2) is 53.1 Å². The molecule has 0 rings (SSSR count). The first-order valence-corrected chi connectivity index (χ1v) is 6.25. The van der Waals surface area contributed by atoms with Gasteiger partial charge < -0.3 is 14.7 Å². The van der Waals surface area contributed by atoms with Crippen LogP contribution in [0.15, 0.2) is 0 Å². The number of urea groups is 1. The predicted molar refractivity (Wildman–Crippen MR) is 68.9 cm³/mol. The minimum atomic E-state index is -1.13. The van der Waals surface area contributed by atoms with Crippen molar-refractivity contribution in [2.45, 2.75) is 39.7 Å². The number of nitrogens with zero attached hydrogens (tertiary/aromatic N) is 1. The second-order valence-corrected chi connectivity index (χ2v) is 4.27. The van der Waals surface area contributed by atoms with E-state index >= 15 is 0 Å². The highest BCUT2D eigenvalue weighted by Gasteiger charge is 2.22. The van der Waals surface area contributed by atoms with Crippen LogP contribution in [0.3, 0.4) is 0 Å². The Morgan fingerprint density at radius 1 is 1.20 bits per heavy atom. The largest absolute Gasteiger partial charge is 0.481 e. The summed E-state index contributed by atoms with van der Waals surface area (Å²) in [5.41, 5.74) is 0. The second kappa shape index (κ2) is 8.89. The van der Waals surface area contributed by atoms with E-state index in [0.29, 0.717) is 0 Å². The molecule has 0 saturated carbocycles. The summed E-state index contributed by atoms with van der Waals surface area (Å²) >= 11 is 0. The molecule has 0 aromatic carbocycles. The average Bonchev–Trinajstić information content (AvgIpc) is 2.33. The number of carbonyl (C=O) groups excluding carboxylic acids is 3. The molecule has 3 amide bonds. The molecule has 0 heterocycles. The summed E-state index contributed by atoms with van der Waals surface area (Å²) < 4.78 is 4.73. The van der Waals surface area contributed by atoms with E-state index in [4.69, 9.17) is 9.84 Å². The van der Waals surface area contributed by atoms with Crippen molar-refractivity contribution in [2.75, 3.05) is 13.2 Å². The lowest BCUT2D eigenvalue weighted by atomic mass is 10.3. The summed E-state index contributed by atoms with van der Waals surface area (Å²) in [7, 11) is 0. The highest BCUT2D eigenvalue weighted by atomic mass is 16.5. The van der Waals surface area contributed by atoms with E-state index in [2.05, 4.69) is 0 Å². The third kappa shape index (κ3) is 7.34. The summed E-state index contributed by atoms with van der Waals surface area (Å²) in [5.74, 6) is -2.40. The summed E-state index contributed by atoms with van der Waals surface area (Å²) in [5, 5.41) is 10.5. The third-order valence-corrected chi connectivity index (χ3v) is 2.30. The summed E-state index contributed by atoms with van der Waals surface area (Å²) in [6, 6.07) is -1.06. The molecule has 0 aliphatic rings. The van der Waals surface area contributed by atoms with Crippen molar-refractivity contribution in [1.82, 2.24) is 10.2 Å². The number of esters is 1. The molecule has 8 nitrogen and oxygen atoms in total. The fourth-order valence-corrected chi connectivity index (χ4v) is 1.31. The van der Waals surface area contributed by atoms with Crippen molar-refractivity contribution < 1.29 is 29.0 Å². The van der Waals surface area contributed by atoms with Gasteiger partial charge in [-0.15, -0.1) is 0 Å². The Bertz CT molecular complexity index is 380. The Kier molecular flexibility index (Phi) is 7.95. The predicted octanol–water partition coefficient (Wildman–Crippen LogP) is 0.361. The van der Waals surface area contributed by atoms with Crippen LogP contribution in [0.2, 0.25) is 0 Å². The molecule has 114 valence electrons. The quantitative estimate of drug-likeness (QED) is 0.654. The average molecular weight is 288 g/mol. The van der Waals surface area contributed by atoms with Crippen molar-refractivity contribution in [3.8, 4) is 0 Å². The van der Waals surface area contributed by atoms with Gasteiger partial charge in [0.15, 0.2) is 0 Å². The minimum Gasteiger partial charge on any atom is -0.481 e. The molecule has 20 heavy (non-hydrogen) atoms. The molecule has 0 spiro atoms. The molecule has 0 bridgehead atoms. The molecule has 0 aromatic rings. The van der Waals surface area contributed by atoms with Gasteiger partial charge in [0, 0.05) is 12.5 Å². The lowest BCUT2D eigenvalue weighted by Gasteiger charge is -2.25. The van der Waals surface area contributed by atoms with Gasteiger partial charge in [0.2, 0.25) is 5.91 Å². The summed E-state index contributed by atoms with van der Waals surface area (Å²) in [6.07, 6.45) is -0.662. The number of carbonyl (C=O) groups is 4. The molecule has 0 fully saturated rings. The first-order valence-electron chi connectivity index (χ1n) is 6.25. The molecule has 2 N–H and O–H groups in total. The maximum atomic E-state index is 11.8. The first-order chi connectivity index (χ1) is 9.27. The zero-order valence-electron chi connectivity index (χ0n) is 11.8. The van der Waals surface area contributed by atoms with E-state index in [1.807, 2.05) is 5.32 Å². The Labute approximate surface area is 117 Å². The highest BCUT2D eigenvalue weighted by Crippen LogP contribution is 2.00. The molecule has 8 heteroatoms. The third-order valence-electron chi connectivity index (χ3n) is 2.30. The van der Waals surface area contributed by atoms with Crippen molar-refractivity contribution in [3.63, 3.8) is 0 Å². The number of rotatable bonds is 7. The Morgan fingerprint density at radius 2 is 1.80 bits per heavy atom. The van der Waals surface area contributed by atoms with Crippen molar-refractivity contribution in [3.05, 3.63) is 0 Å². The lowest BCUT2D eigenvalue weighted by molar-refractivity contribution is -0.144. The van der Waals surface area contributed by atoms with E-state index in [1.54, 1.807) is 20.8 Å². The van der Waals surface area contributed by atoms with Crippen molar-refractivity contribution in [1.29, 1.82) is 0 Å². The van der Waals surface area contributed by atoms with Crippen LogP contribution in [0.5, 0.6) is 0 Å². The number of nitrogens with one attached hydrogen (secondary N) is 1. The van der Waals surface area contributed by atoms with E-state index in [9.17, 15) is 19.2 Å². The molecule has 0 aliphatic heterocycles. The van der Waals surface area contributed by atoms with Crippen LogP contribution in [-0.2, 0) is 19.1 Å². The number of amides is 3. The van der Waals surface area contributed by atoms with Crippen LogP contribution in [0.4, 0.5) is 4.79 Å². The van der Waals surface area contributed by atoms with Gasteiger partial charge in [-0.25, -0.2) is 4.79 Å². The van der Waals surface area contributed by atoms with Gasteiger partial charge in [-0.05, 0) is 20.8 Å². The van der Waals surface area contributed by atoms with Crippen LogP contribution < -0.4 is 5.32 Å². The monoisotopic (exact) mass is 288 g/mol. The standard InChI is InChI=1S/C12H20N2O6/c1-4-20-11(18)7-14(8(2)3)12(19)13-9(15)5-6-10(16)17/h8H,4-7H2,1-3H3,(H,16,17)(H,13,15,19).